The lowest BCUT2D eigenvalue weighted by Crippen LogP contribution is -2.24. The molecule has 0 bridgehead atoms. The molecule has 0 saturated carbocycles. The predicted molar refractivity (Wildman–Crippen MR) is 168 cm³/mol. The van der Waals surface area contributed by atoms with Gasteiger partial charge < -0.3 is 4.42 Å². The lowest BCUT2D eigenvalue weighted by Gasteiger charge is -2.22. The summed E-state index contributed by atoms with van der Waals surface area (Å²) in [5.74, 6) is 2.31. The third-order valence-electron chi connectivity index (χ3n) is 7.60. The summed E-state index contributed by atoms with van der Waals surface area (Å²) in [6.07, 6.45) is 1.93. The van der Waals surface area contributed by atoms with Crippen LogP contribution < -0.4 is 0 Å². The molecule has 0 unspecified atom stereocenters. The summed E-state index contributed by atoms with van der Waals surface area (Å²) in [5, 5.41) is 2.18. The molecule has 0 saturated heterocycles. The molecule has 0 aliphatic carbocycles. The molecule has 5 nitrogen and oxygen atoms in total. The van der Waals surface area contributed by atoms with Crippen LogP contribution in [0.1, 0.15) is 64.3 Å². The molecular weight excluding hydrogens is 504 g/mol. The van der Waals surface area contributed by atoms with Crippen LogP contribution in [0.3, 0.4) is 0 Å². The number of hydrogen-bond acceptors (Lipinski definition) is 5. The van der Waals surface area contributed by atoms with Crippen molar-refractivity contribution >= 4 is 21.9 Å². The first kappa shape index (κ1) is 26.8. The number of furan rings is 1. The molecule has 6 aromatic rings. The van der Waals surface area contributed by atoms with Gasteiger partial charge in [-0.1, -0.05) is 96.1 Å². The van der Waals surface area contributed by atoms with E-state index in [9.17, 15) is 0 Å². The van der Waals surface area contributed by atoms with Crippen molar-refractivity contribution < 1.29 is 4.42 Å². The highest BCUT2D eigenvalue weighted by molar-refractivity contribution is 6.12. The second-order valence-corrected chi connectivity index (χ2v) is 13.0. The van der Waals surface area contributed by atoms with Crippen LogP contribution in [0, 0.1) is 13.8 Å². The second kappa shape index (κ2) is 9.62. The van der Waals surface area contributed by atoms with Crippen molar-refractivity contribution in [1.82, 2.24) is 19.9 Å². The zero-order valence-electron chi connectivity index (χ0n) is 25.1. The molecule has 3 aromatic heterocycles. The largest absolute Gasteiger partial charge is 0.455 e. The Kier molecular flexibility index (Phi) is 6.29. The Hall–Kier alpha value is -4.38. The predicted octanol–water partition coefficient (Wildman–Crippen LogP) is 9.38. The number of hydrogen-bond donors (Lipinski definition) is 0. The van der Waals surface area contributed by atoms with E-state index in [1.54, 1.807) is 0 Å². The van der Waals surface area contributed by atoms with Gasteiger partial charge in [0.05, 0.1) is 5.69 Å². The Bertz CT molecular complexity index is 1890. The third kappa shape index (κ3) is 4.90. The molecule has 0 fully saturated rings. The fourth-order valence-electron chi connectivity index (χ4n) is 5.00. The summed E-state index contributed by atoms with van der Waals surface area (Å²) < 4.78 is 6.64. The van der Waals surface area contributed by atoms with E-state index in [1.165, 1.54) is 11.1 Å². The van der Waals surface area contributed by atoms with Gasteiger partial charge in [0, 0.05) is 44.5 Å². The van der Waals surface area contributed by atoms with Gasteiger partial charge in [-0.2, -0.15) is 0 Å². The van der Waals surface area contributed by atoms with Crippen LogP contribution in [0.4, 0.5) is 0 Å². The van der Waals surface area contributed by atoms with E-state index in [0.29, 0.717) is 5.82 Å². The van der Waals surface area contributed by atoms with Crippen molar-refractivity contribution in [3.05, 3.63) is 95.7 Å². The zero-order valence-corrected chi connectivity index (χ0v) is 25.1. The van der Waals surface area contributed by atoms with Crippen LogP contribution in [0.2, 0.25) is 0 Å². The van der Waals surface area contributed by atoms with Gasteiger partial charge in [0.15, 0.2) is 5.82 Å². The van der Waals surface area contributed by atoms with E-state index < -0.39 is 0 Å². The molecule has 0 aliphatic heterocycles. The minimum Gasteiger partial charge on any atom is -0.455 e. The molecule has 0 spiro atoms. The topological polar surface area (TPSA) is 64.7 Å². The Balaban J connectivity index is 1.45. The van der Waals surface area contributed by atoms with Crippen molar-refractivity contribution in [2.45, 2.75) is 66.2 Å². The van der Waals surface area contributed by atoms with Gasteiger partial charge in [-0.3, -0.25) is 4.98 Å². The summed E-state index contributed by atoms with van der Waals surface area (Å²) in [6, 6.07) is 23.2. The standard InChI is InChI=1S/C36H36N4O/c1-21-19-29(37-20-22(21)2)28-14-10-13-27-26-12-9-11-25(30(26)41-31(27)28)23-15-17-24(18-16-23)32-38-33(35(3,4)5)40-34(39-32)36(6,7)8/h9-20H,1-8H3. The fraction of sp³-hybridized carbons (Fsp3) is 0.278. The second-order valence-electron chi connectivity index (χ2n) is 13.0. The SMILES string of the molecule is Cc1cnc(-c2cccc3c2oc2c(-c4ccc(-c5nc(C(C)(C)C)nc(C(C)(C)C)n5)cc4)cccc23)cc1C. The lowest BCUT2D eigenvalue weighted by molar-refractivity contribution is 0.497. The molecule has 3 heterocycles. The Labute approximate surface area is 241 Å². The normalized spacial score (nSPS) is 12.4. The van der Waals surface area contributed by atoms with E-state index in [0.717, 1.165) is 61.5 Å². The monoisotopic (exact) mass is 540 g/mol. The molecular formula is C36H36N4O. The summed E-state index contributed by atoms with van der Waals surface area (Å²) in [4.78, 5) is 19.3. The van der Waals surface area contributed by atoms with E-state index >= 15 is 0 Å². The van der Waals surface area contributed by atoms with Crippen molar-refractivity contribution in [3.8, 4) is 33.8 Å². The van der Waals surface area contributed by atoms with Gasteiger partial charge in [-0.05, 0) is 42.7 Å². The first-order valence-electron chi connectivity index (χ1n) is 14.2. The van der Waals surface area contributed by atoms with Crippen LogP contribution in [0.25, 0.3) is 55.7 Å². The van der Waals surface area contributed by atoms with Gasteiger partial charge >= 0.3 is 0 Å². The van der Waals surface area contributed by atoms with Crippen LogP contribution >= 0.6 is 0 Å². The summed E-state index contributed by atoms with van der Waals surface area (Å²) in [6.45, 7) is 17.0. The maximum absolute atomic E-state index is 6.64. The molecule has 5 heteroatoms. The number of para-hydroxylation sites is 2. The van der Waals surface area contributed by atoms with Crippen molar-refractivity contribution in [2.75, 3.05) is 0 Å². The van der Waals surface area contributed by atoms with Crippen LogP contribution in [0.5, 0.6) is 0 Å². The first-order valence-corrected chi connectivity index (χ1v) is 14.2. The highest BCUT2D eigenvalue weighted by Crippen LogP contribution is 2.40. The molecule has 0 atom stereocenters. The van der Waals surface area contributed by atoms with Crippen LogP contribution in [-0.4, -0.2) is 19.9 Å². The number of aryl methyl sites for hydroxylation is 2. The van der Waals surface area contributed by atoms with Crippen molar-refractivity contribution in [3.63, 3.8) is 0 Å². The number of aromatic nitrogens is 4. The fourth-order valence-corrected chi connectivity index (χ4v) is 5.00. The summed E-state index contributed by atoms with van der Waals surface area (Å²) in [5.41, 5.74) is 8.77. The Morgan fingerprint density at radius 3 is 1.68 bits per heavy atom. The smallest absolute Gasteiger partial charge is 0.163 e. The number of fused-ring (bicyclic) bond motifs is 3. The molecule has 0 N–H and O–H groups in total. The maximum atomic E-state index is 6.64. The summed E-state index contributed by atoms with van der Waals surface area (Å²) >= 11 is 0. The molecule has 0 aliphatic rings. The van der Waals surface area contributed by atoms with E-state index in [-0.39, 0.29) is 10.8 Å². The zero-order chi connectivity index (χ0) is 29.1. The maximum Gasteiger partial charge on any atom is 0.163 e. The molecule has 3 aromatic carbocycles. The molecule has 0 amide bonds. The number of pyridine rings is 1. The van der Waals surface area contributed by atoms with E-state index in [2.05, 4.69) is 122 Å². The van der Waals surface area contributed by atoms with E-state index in [4.69, 9.17) is 24.4 Å². The number of rotatable bonds is 3. The minimum absolute atomic E-state index is 0.180. The third-order valence-corrected chi connectivity index (χ3v) is 7.60. The van der Waals surface area contributed by atoms with Gasteiger partial charge in [-0.15, -0.1) is 0 Å². The highest BCUT2D eigenvalue weighted by atomic mass is 16.3. The highest BCUT2D eigenvalue weighted by Gasteiger charge is 2.25. The summed E-state index contributed by atoms with van der Waals surface area (Å²) in [7, 11) is 0. The van der Waals surface area contributed by atoms with Gasteiger partial charge in [0.2, 0.25) is 0 Å². The van der Waals surface area contributed by atoms with Gasteiger partial charge in [0.1, 0.15) is 22.8 Å². The van der Waals surface area contributed by atoms with Gasteiger partial charge in [0.25, 0.3) is 0 Å². The lowest BCUT2D eigenvalue weighted by atomic mass is 9.93. The Morgan fingerprint density at radius 2 is 1.12 bits per heavy atom. The molecule has 0 radical (unpaired) electrons. The van der Waals surface area contributed by atoms with Crippen LogP contribution in [0.15, 0.2) is 77.3 Å². The quantitative estimate of drug-likeness (QED) is 0.224. The molecule has 206 valence electrons. The molecule has 6 rings (SSSR count). The van der Waals surface area contributed by atoms with Gasteiger partial charge in [-0.25, -0.2) is 15.0 Å². The van der Waals surface area contributed by atoms with Crippen molar-refractivity contribution in [1.29, 1.82) is 0 Å². The van der Waals surface area contributed by atoms with E-state index in [1.807, 2.05) is 6.20 Å². The Morgan fingerprint density at radius 1 is 0.585 bits per heavy atom. The van der Waals surface area contributed by atoms with Crippen molar-refractivity contribution in [2.24, 2.45) is 0 Å². The first-order chi connectivity index (χ1) is 19.4. The average molecular weight is 541 g/mol. The van der Waals surface area contributed by atoms with Crippen LogP contribution in [-0.2, 0) is 10.8 Å². The number of benzene rings is 3. The minimum atomic E-state index is -0.180. The number of nitrogens with zero attached hydrogens (tertiary/aromatic N) is 4. The molecule has 41 heavy (non-hydrogen) atoms. The average Bonchev–Trinajstić information content (AvgIpc) is 3.33.